The van der Waals surface area contributed by atoms with E-state index < -0.39 is 9.84 Å². The molecule has 8 heteroatoms. The molecule has 1 aromatic rings. The van der Waals surface area contributed by atoms with E-state index in [4.69, 9.17) is 10.5 Å². The molecule has 0 amide bonds. The SMILES string of the molecule is CCS(=O)(=O)c1c(N)nsc1N(C)CC1CCOCC1. The number of hydrogen-bond donors (Lipinski definition) is 1. The Kier molecular flexibility index (Phi) is 4.87. The Labute approximate surface area is 124 Å². The number of rotatable bonds is 5. The summed E-state index contributed by atoms with van der Waals surface area (Å²) >= 11 is 1.16. The van der Waals surface area contributed by atoms with Crippen LogP contribution in [0.4, 0.5) is 10.8 Å². The highest BCUT2D eigenvalue weighted by Crippen LogP contribution is 2.35. The molecular formula is C12H21N3O3S2. The summed E-state index contributed by atoms with van der Waals surface area (Å²) in [5.74, 6) is 0.674. The number of anilines is 2. The number of aromatic nitrogens is 1. The summed E-state index contributed by atoms with van der Waals surface area (Å²) < 4.78 is 33.6. The molecule has 114 valence electrons. The van der Waals surface area contributed by atoms with Crippen molar-refractivity contribution in [1.29, 1.82) is 0 Å². The zero-order valence-corrected chi connectivity index (χ0v) is 13.5. The standard InChI is InChI=1S/C12H21N3O3S2/c1-3-20(16,17)10-11(13)14-19-12(10)15(2)8-9-4-6-18-7-5-9/h9H,3-8H2,1-2H3,(H2,13,14). The van der Waals surface area contributed by atoms with Gasteiger partial charge in [0.1, 0.15) is 9.90 Å². The molecule has 2 heterocycles. The predicted molar refractivity (Wildman–Crippen MR) is 81.1 cm³/mol. The minimum Gasteiger partial charge on any atom is -0.382 e. The van der Waals surface area contributed by atoms with Crippen LogP contribution in [0, 0.1) is 5.92 Å². The van der Waals surface area contributed by atoms with Gasteiger partial charge in [-0.15, -0.1) is 0 Å². The molecule has 2 N–H and O–H groups in total. The van der Waals surface area contributed by atoms with Crippen LogP contribution >= 0.6 is 11.5 Å². The molecular weight excluding hydrogens is 298 g/mol. The van der Waals surface area contributed by atoms with E-state index in [2.05, 4.69) is 4.37 Å². The van der Waals surface area contributed by atoms with Crippen molar-refractivity contribution in [2.75, 3.05) is 43.2 Å². The number of nitrogens with zero attached hydrogens (tertiary/aromatic N) is 2. The molecule has 1 aromatic heterocycles. The van der Waals surface area contributed by atoms with Crippen LogP contribution in [0.3, 0.4) is 0 Å². The van der Waals surface area contributed by atoms with E-state index in [-0.39, 0.29) is 16.5 Å². The highest BCUT2D eigenvalue weighted by molar-refractivity contribution is 7.91. The number of hydrogen-bond acceptors (Lipinski definition) is 7. The maximum atomic E-state index is 12.1. The zero-order valence-electron chi connectivity index (χ0n) is 11.8. The van der Waals surface area contributed by atoms with Crippen molar-refractivity contribution in [3.05, 3.63) is 0 Å². The van der Waals surface area contributed by atoms with Gasteiger partial charge in [0.05, 0.1) is 5.75 Å². The van der Waals surface area contributed by atoms with Gasteiger partial charge < -0.3 is 15.4 Å². The van der Waals surface area contributed by atoms with Crippen molar-refractivity contribution in [2.45, 2.75) is 24.7 Å². The van der Waals surface area contributed by atoms with Crippen LogP contribution in [0.1, 0.15) is 19.8 Å². The molecule has 1 aliphatic heterocycles. The summed E-state index contributed by atoms with van der Waals surface area (Å²) in [7, 11) is -1.45. The van der Waals surface area contributed by atoms with Crippen LogP contribution in [-0.2, 0) is 14.6 Å². The predicted octanol–water partition coefficient (Wildman–Crippen LogP) is 1.38. The molecule has 0 unspecified atom stereocenters. The zero-order chi connectivity index (χ0) is 14.8. The Bertz CT molecular complexity index is 550. The van der Waals surface area contributed by atoms with Gasteiger partial charge in [-0.3, -0.25) is 0 Å². The Morgan fingerprint density at radius 2 is 2.10 bits per heavy atom. The van der Waals surface area contributed by atoms with E-state index in [9.17, 15) is 8.42 Å². The first-order chi connectivity index (χ1) is 9.45. The second-order valence-electron chi connectivity index (χ2n) is 5.04. The highest BCUT2D eigenvalue weighted by Gasteiger charge is 2.27. The topological polar surface area (TPSA) is 85.5 Å². The molecule has 1 aliphatic rings. The van der Waals surface area contributed by atoms with E-state index in [1.54, 1.807) is 6.92 Å². The van der Waals surface area contributed by atoms with Gasteiger partial charge in [-0.1, -0.05) is 6.92 Å². The van der Waals surface area contributed by atoms with Crippen LogP contribution in [0.25, 0.3) is 0 Å². The van der Waals surface area contributed by atoms with E-state index in [0.29, 0.717) is 10.9 Å². The Morgan fingerprint density at radius 3 is 2.70 bits per heavy atom. The summed E-state index contributed by atoms with van der Waals surface area (Å²) in [6, 6.07) is 0. The average molecular weight is 319 g/mol. The molecule has 1 saturated heterocycles. The van der Waals surface area contributed by atoms with Crippen molar-refractivity contribution < 1.29 is 13.2 Å². The third-order valence-corrected chi connectivity index (χ3v) is 6.46. The second-order valence-corrected chi connectivity index (χ2v) is 8.01. The van der Waals surface area contributed by atoms with Crippen molar-refractivity contribution in [2.24, 2.45) is 5.92 Å². The van der Waals surface area contributed by atoms with Crippen LogP contribution < -0.4 is 10.6 Å². The summed E-state index contributed by atoms with van der Waals surface area (Å²) in [5.41, 5.74) is 5.75. The molecule has 0 radical (unpaired) electrons. The van der Waals surface area contributed by atoms with E-state index in [1.807, 2.05) is 11.9 Å². The van der Waals surface area contributed by atoms with Gasteiger partial charge in [-0.05, 0) is 30.3 Å². The molecule has 6 nitrogen and oxygen atoms in total. The first-order valence-electron chi connectivity index (χ1n) is 6.72. The van der Waals surface area contributed by atoms with Gasteiger partial charge in [0.15, 0.2) is 15.7 Å². The van der Waals surface area contributed by atoms with Crippen LogP contribution in [0.15, 0.2) is 4.90 Å². The maximum absolute atomic E-state index is 12.1. The Hall–Kier alpha value is -0.860. The van der Waals surface area contributed by atoms with Crippen molar-refractivity contribution in [1.82, 2.24) is 4.37 Å². The fraction of sp³-hybridized carbons (Fsp3) is 0.750. The van der Waals surface area contributed by atoms with Gasteiger partial charge in [0, 0.05) is 26.8 Å². The normalized spacial score (nSPS) is 17.3. The van der Waals surface area contributed by atoms with Crippen molar-refractivity contribution >= 4 is 32.2 Å². The fourth-order valence-electron chi connectivity index (χ4n) is 2.36. The molecule has 0 saturated carbocycles. The quantitative estimate of drug-likeness (QED) is 0.882. The van der Waals surface area contributed by atoms with Gasteiger partial charge in [-0.25, -0.2) is 8.42 Å². The summed E-state index contributed by atoms with van der Waals surface area (Å²) in [5, 5.41) is 0.649. The van der Waals surface area contributed by atoms with Crippen LogP contribution in [0.5, 0.6) is 0 Å². The van der Waals surface area contributed by atoms with Gasteiger partial charge >= 0.3 is 0 Å². The average Bonchev–Trinajstić information content (AvgIpc) is 2.82. The highest BCUT2D eigenvalue weighted by atomic mass is 32.2. The lowest BCUT2D eigenvalue weighted by molar-refractivity contribution is 0.0685. The molecule has 20 heavy (non-hydrogen) atoms. The monoisotopic (exact) mass is 319 g/mol. The van der Waals surface area contributed by atoms with E-state index in [0.717, 1.165) is 44.1 Å². The lowest BCUT2D eigenvalue weighted by atomic mass is 10.00. The fourth-order valence-corrected chi connectivity index (χ4v) is 4.67. The van der Waals surface area contributed by atoms with Gasteiger partial charge in [0.2, 0.25) is 0 Å². The third kappa shape index (κ3) is 3.24. The van der Waals surface area contributed by atoms with Crippen molar-refractivity contribution in [3.63, 3.8) is 0 Å². The second kappa shape index (κ2) is 6.28. The number of nitrogen functional groups attached to an aromatic ring is 1. The lowest BCUT2D eigenvalue weighted by Gasteiger charge is -2.27. The van der Waals surface area contributed by atoms with Crippen LogP contribution in [0.2, 0.25) is 0 Å². The number of ether oxygens (including phenoxy) is 1. The molecule has 1 fully saturated rings. The Morgan fingerprint density at radius 1 is 1.45 bits per heavy atom. The molecule has 2 rings (SSSR count). The third-order valence-electron chi connectivity index (χ3n) is 3.57. The van der Waals surface area contributed by atoms with Crippen molar-refractivity contribution in [3.8, 4) is 0 Å². The summed E-state index contributed by atoms with van der Waals surface area (Å²) in [6.45, 7) is 3.98. The van der Waals surface area contributed by atoms with E-state index in [1.165, 1.54) is 0 Å². The number of sulfone groups is 1. The van der Waals surface area contributed by atoms with E-state index >= 15 is 0 Å². The van der Waals surface area contributed by atoms with Gasteiger partial charge in [-0.2, -0.15) is 4.37 Å². The number of nitrogens with two attached hydrogens (primary N) is 1. The lowest BCUT2D eigenvalue weighted by Crippen LogP contribution is -2.30. The largest absolute Gasteiger partial charge is 0.382 e. The molecule has 0 aromatic carbocycles. The van der Waals surface area contributed by atoms with Crippen LogP contribution in [-0.4, -0.2) is 45.4 Å². The molecule has 0 spiro atoms. The minimum absolute atomic E-state index is 0.0354. The summed E-state index contributed by atoms with van der Waals surface area (Å²) in [6.07, 6.45) is 2.02. The molecule has 0 aliphatic carbocycles. The first kappa shape index (κ1) is 15.5. The maximum Gasteiger partial charge on any atom is 0.184 e. The molecule has 0 atom stereocenters. The minimum atomic E-state index is -3.35. The summed E-state index contributed by atoms with van der Waals surface area (Å²) in [4.78, 5) is 2.16. The Balaban J connectivity index is 2.20. The molecule has 0 bridgehead atoms. The van der Waals surface area contributed by atoms with Gasteiger partial charge in [0.25, 0.3) is 0 Å². The first-order valence-corrected chi connectivity index (χ1v) is 9.15. The smallest absolute Gasteiger partial charge is 0.184 e.